The molecule has 1 atom stereocenters. The Morgan fingerprint density at radius 2 is 1.75 bits per heavy atom. The van der Waals surface area contributed by atoms with E-state index in [2.05, 4.69) is 4.74 Å². The molecule has 2 rings (SSSR count). The van der Waals surface area contributed by atoms with Crippen molar-refractivity contribution in [1.82, 2.24) is 0 Å². The third-order valence-corrected chi connectivity index (χ3v) is 5.08. The molecule has 0 radical (unpaired) electrons. The Morgan fingerprint density at radius 3 is 2.21 bits per heavy atom. The van der Waals surface area contributed by atoms with Gasteiger partial charge in [-0.3, -0.25) is 4.79 Å². The van der Waals surface area contributed by atoms with Crippen molar-refractivity contribution in [1.29, 1.82) is 0 Å². The maximum atomic E-state index is 13.3. The van der Waals surface area contributed by atoms with Crippen LogP contribution in [0, 0.1) is 0 Å². The van der Waals surface area contributed by atoms with E-state index in [0.29, 0.717) is 12.5 Å². The summed E-state index contributed by atoms with van der Waals surface area (Å²) >= 11 is 0. The van der Waals surface area contributed by atoms with E-state index in [9.17, 15) is 24.2 Å². The normalized spacial score (nSPS) is 24.2. The number of ether oxygens (including phenoxy) is 1. The molecule has 2 nitrogen and oxygen atoms in total. The molecule has 0 saturated carbocycles. The van der Waals surface area contributed by atoms with Crippen LogP contribution in [-0.2, 0) is 9.53 Å². The van der Waals surface area contributed by atoms with Crippen molar-refractivity contribution in [2.75, 3.05) is 0 Å². The lowest BCUT2D eigenvalue weighted by Crippen LogP contribution is -2.44. The van der Waals surface area contributed by atoms with E-state index in [4.69, 9.17) is 0 Å². The molecule has 24 heavy (non-hydrogen) atoms. The molecule has 0 amide bonds. The van der Waals surface area contributed by atoms with Gasteiger partial charge in [0.1, 0.15) is 0 Å². The van der Waals surface area contributed by atoms with Gasteiger partial charge in [0.15, 0.2) is 0 Å². The van der Waals surface area contributed by atoms with Gasteiger partial charge in [0.2, 0.25) is 0 Å². The first kappa shape index (κ1) is 18.3. The van der Waals surface area contributed by atoms with Crippen LogP contribution in [-0.4, -0.2) is 10.9 Å². The molecule has 8 heteroatoms. The summed E-state index contributed by atoms with van der Waals surface area (Å²) in [5, 5.41) is 0. The molecule has 1 aromatic carbocycles. The van der Waals surface area contributed by atoms with Crippen molar-refractivity contribution in [2.24, 2.45) is 0 Å². The van der Waals surface area contributed by atoms with Crippen molar-refractivity contribution < 1.29 is 29.0 Å². The molecule has 0 aliphatic heterocycles. The van der Waals surface area contributed by atoms with E-state index >= 15 is 0 Å². The van der Waals surface area contributed by atoms with E-state index < -0.39 is 27.5 Å². The molecule has 1 aromatic rings. The Bertz CT molecular complexity index is 735. The molecule has 1 unspecified atom stereocenters. The SMILES string of the molecule is CC(=O)OC1(S(F)(F)(F)(F)F)C=CC(/C=C/c2ccccc2)=CC1. The zero-order valence-electron chi connectivity index (χ0n) is 12.6. The molecular formula is C16H15F5O2S. The predicted molar refractivity (Wildman–Crippen MR) is 84.9 cm³/mol. The number of rotatable bonds is 4. The van der Waals surface area contributed by atoms with Gasteiger partial charge in [0.25, 0.3) is 4.93 Å². The monoisotopic (exact) mass is 366 g/mol. The fourth-order valence-electron chi connectivity index (χ4n) is 2.18. The highest BCUT2D eigenvalue weighted by atomic mass is 32.5. The molecular weight excluding hydrogens is 351 g/mol. The van der Waals surface area contributed by atoms with Gasteiger partial charge >= 0.3 is 16.2 Å². The van der Waals surface area contributed by atoms with Gasteiger partial charge < -0.3 is 4.74 Å². The minimum Gasteiger partial charge on any atom is -0.434 e. The first-order chi connectivity index (χ1) is 10.8. The highest BCUT2D eigenvalue weighted by Crippen LogP contribution is 3.04. The maximum Gasteiger partial charge on any atom is 0.325 e. The Morgan fingerprint density at radius 1 is 1.12 bits per heavy atom. The quantitative estimate of drug-likeness (QED) is 0.472. The topological polar surface area (TPSA) is 26.3 Å². The highest BCUT2D eigenvalue weighted by molar-refractivity contribution is 8.46. The Labute approximate surface area is 136 Å². The minimum atomic E-state index is -10.1. The zero-order chi connectivity index (χ0) is 18.1. The van der Waals surface area contributed by atoms with Crippen LogP contribution in [0.2, 0.25) is 0 Å². The van der Waals surface area contributed by atoms with Gasteiger partial charge in [0.05, 0.1) is 0 Å². The summed E-state index contributed by atoms with van der Waals surface area (Å²) in [5.41, 5.74) is 1.11. The van der Waals surface area contributed by atoms with Crippen LogP contribution >= 0.6 is 10.2 Å². The van der Waals surface area contributed by atoms with Crippen LogP contribution in [0.4, 0.5) is 19.4 Å². The second kappa shape index (κ2) is 5.20. The summed E-state index contributed by atoms with van der Waals surface area (Å²) in [6.45, 7) is 0.660. The number of carbonyl (C=O) groups excluding carboxylic acids is 1. The van der Waals surface area contributed by atoms with E-state index in [1.54, 1.807) is 36.4 Å². The zero-order valence-corrected chi connectivity index (χ0v) is 13.4. The van der Waals surface area contributed by atoms with Crippen LogP contribution in [0.25, 0.3) is 6.08 Å². The third kappa shape index (κ3) is 3.87. The lowest BCUT2D eigenvalue weighted by Gasteiger charge is -2.53. The van der Waals surface area contributed by atoms with Crippen LogP contribution in [0.1, 0.15) is 18.9 Å². The number of esters is 1. The van der Waals surface area contributed by atoms with E-state index in [-0.39, 0.29) is 6.08 Å². The van der Waals surface area contributed by atoms with Crippen molar-refractivity contribution in [3.05, 3.63) is 65.8 Å². The summed E-state index contributed by atoms with van der Waals surface area (Å²) in [7, 11) is -10.1. The molecule has 1 aliphatic carbocycles. The fraction of sp³-hybridized carbons (Fsp3) is 0.188. The van der Waals surface area contributed by atoms with E-state index in [1.165, 1.54) is 6.08 Å². The van der Waals surface area contributed by atoms with Gasteiger partial charge in [-0.05, 0) is 17.2 Å². The van der Waals surface area contributed by atoms with Crippen molar-refractivity contribution >= 4 is 22.3 Å². The van der Waals surface area contributed by atoms with Gasteiger partial charge in [-0.2, -0.15) is 0 Å². The lowest BCUT2D eigenvalue weighted by atomic mass is 10.0. The number of hydrogen-bond donors (Lipinski definition) is 0. The fourth-order valence-corrected chi connectivity index (χ4v) is 3.18. The number of halogens is 5. The maximum absolute atomic E-state index is 13.3. The Balaban J connectivity index is 2.30. The molecule has 132 valence electrons. The van der Waals surface area contributed by atoms with Crippen molar-refractivity contribution in [2.45, 2.75) is 18.3 Å². The Hall–Kier alpha value is -2.09. The molecule has 0 spiro atoms. The van der Waals surface area contributed by atoms with Crippen LogP contribution < -0.4 is 0 Å². The molecule has 0 heterocycles. The number of carbonyl (C=O) groups is 1. The van der Waals surface area contributed by atoms with Gasteiger partial charge in [-0.25, -0.2) is 0 Å². The smallest absolute Gasteiger partial charge is 0.325 e. The molecule has 0 saturated heterocycles. The van der Waals surface area contributed by atoms with Gasteiger partial charge in [-0.1, -0.05) is 74.1 Å². The molecule has 0 N–H and O–H groups in total. The van der Waals surface area contributed by atoms with Gasteiger partial charge in [0, 0.05) is 13.3 Å². The second-order valence-electron chi connectivity index (χ2n) is 5.36. The van der Waals surface area contributed by atoms with E-state index in [1.807, 2.05) is 0 Å². The number of hydrogen-bond acceptors (Lipinski definition) is 2. The van der Waals surface area contributed by atoms with Crippen LogP contribution in [0.15, 0.2) is 60.2 Å². The molecule has 0 aromatic heterocycles. The first-order valence-corrected chi connectivity index (χ1v) is 8.82. The molecule has 0 bridgehead atoms. The highest BCUT2D eigenvalue weighted by Gasteiger charge is 2.80. The van der Waals surface area contributed by atoms with Gasteiger partial charge in [-0.15, -0.1) is 0 Å². The minimum absolute atomic E-state index is 0.223. The molecule has 1 aliphatic rings. The summed E-state index contributed by atoms with van der Waals surface area (Å²) in [4.78, 5) is 7.03. The van der Waals surface area contributed by atoms with Crippen LogP contribution in [0.3, 0.4) is 0 Å². The standard InChI is InChI=1S/C16H15F5O2S/c1-13(22)23-16(24(17,18,19,20)21)11-9-15(10-12-16)8-7-14-5-3-2-4-6-14/h2-11H,12H2,1H3/b8-7+. The van der Waals surface area contributed by atoms with Crippen molar-refractivity contribution in [3.8, 4) is 0 Å². The van der Waals surface area contributed by atoms with E-state index in [0.717, 1.165) is 17.7 Å². The van der Waals surface area contributed by atoms with Crippen LogP contribution in [0.5, 0.6) is 0 Å². The van der Waals surface area contributed by atoms with Crippen molar-refractivity contribution in [3.63, 3.8) is 0 Å². The molecule has 0 fully saturated rings. The average molecular weight is 366 g/mol. The first-order valence-electron chi connectivity index (χ1n) is 6.87. The lowest BCUT2D eigenvalue weighted by molar-refractivity contribution is -0.148. The predicted octanol–water partition coefficient (Wildman–Crippen LogP) is 6.14. The number of allylic oxidation sites excluding steroid dienone is 3. The second-order valence-corrected chi connectivity index (χ2v) is 7.99. The average Bonchev–Trinajstić information content (AvgIpc) is 2.44. The third-order valence-electron chi connectivity index (χ3n) is 3.39. The summed E-state index contributed by atoms with van der Waals surface area (Å²) in [6.07, 6.45) is 4.03. The number of benzene rings is 1. The summed E-state index contributed by atoms with van der Waals surface area (Å²) in [6, 6.07) is 8.93. The Kier molecular flexibility index (Phi) is 3.96. The summed E-state index contributed by atoms with van der Waals surface area (Å²) < 4.78 is 70.6. The summed E-state index contributed by atoms with van der Waals surface area (Å²) in [5.74, 6) is -1.43. The largest absolute Gasteiger partial charge is 0.434 e.